The average Bonchev–Trinajstić information content (AvgIpc) is 2.76. The molecule has 0 radical (unpaired) electrons. The molecule has 0 bridgehead atoms. The predicted octanol–water partition coefficient (Wildman–Crippen LogP) is 5.37. The van der Waals surface area contributed by atoms with Crippen LogP contribution in [0.2, 0.25) is 5.02 Å². The number of rotatable bonds is 11. The van der Waals surface area contributed by atoms with Crippen molar-refractivity contribution in [1.82, 2.24) is 10.2 Å². The molecule has 2 rings (SSSR count). The van der Waals surface area contributed by atoms with Gasteiger partial charge in [-0.25, -0.2) is 0 Å². The number of amides is 2. The highest BCUT2D eigenvalue weighted by Crippen LogP contribution is 2.24. The molecule has 2 aromatic rings. The van der Waals surface area contributed by atoms with E-state index in [4.69, 9.17) is 16.3 Å². The van der Waals surface area contributed by atoms with E-state index in [0.717, 1.165) is 35.1 Å². The van der Waals surface area contributed by atoms with Gasteiger partial charge in [0.05, 0.1) is 0 Å². The Labute approximate surface area is 197 Å². The molecular weight excluding hydrogens is 424 g/mol. The van der Waals surface area contributed by atoms with Gasteiger partial charge in [0, 0.05) is 18.1 Å². The minimum atomic E-state index is -0.598. The number of carbonyl (C=O) groups is 2. The van der Waals surface area contributed by atoms with Gasteiger partial charge >= 0.3 is 0 Å². The Hall–Kier alpha value is -2.53. The molecule has 0 fully saturated rings. The molecule has 1 atom stereocenters. The molecule has 0 unspecified atom stereocenters. The highest BCUT2D eigenvalue weighted by molar-refractivity contribution is 6.31. The van der Waals surface area contributed by atoms with E-state index >= 15 is 0 Å². The minimum absolute atomic E-state index is 0.146. The molecular formula is C26H35ClN2O3. The van der Waals surface area contributed by atoms with E-state index in [1.807, 2.05) is 52.0 Å². The molecule has 0 aliphatic heterocycles. The number of ether oxygens (including phenoxy) is 1. The molecule has 0 spiro atoms. The van der Waals surface area contributed by atoms with Crippen LogP contribution in [0.5, 0.6) is 5.75 Å². The molecule has 0 aromatic heterocycles. The van der Waals surface area contributed by atoms with Crippen molar-refractivity contribution in [3.63, 3.8) is 0 Å². The van der Waals surface area contributed by atoms with Crippen LogP contribution in [0, 0.1) is 20.8 Å². The molecule has 5 nitrogen and oxygen atoms in total. The van der Waals surface area contributed by atoms with Crippen LogP contribution < -0.4 is 10.1 Å². The van der Waals surface area contributed by atoms with Crippen molar-refractivity contribution < 1.29 is 14.3 Å². The van der Waals surface area contributed by atoms with Crippen molar-refractivity contribution in [1.29, 1.82) is 0 Å². The van der Waals surface area contributed by atoms with Crippen LogP contribution in [-0.4, -0.2) is 35.9 Å². The van der Waals surface area contributed by atoms with Crippen LogP contribution >= 0.6 is 11.6 Å². The first kappa shape index (κ1) is 25.7. The second-order valence-corrected chi connectivity index (χ2v) is 8.58. The van der Waals surface area contributed by atoms with Gasteiger partial charge in [-0.05, 0) is 68.0 Å². The maximum absolute atomic E-state index is 13.3. The zero-order valence-corrected chi connectivity index (χ0v) is 20.6. The lowest BCUT2D eigenvalue weighted by molar-refractivity contribution is -0.143. The second-order valence-electron chi connectivity index (χ2n) is 8.18. The third-order valence-electron chi connectivity index (χ3n) is 5.63. The first-order chi connectivity index (χ1) is 15.3. The molecule has 1 N–H and O–H groups in total. The van der Waals surface area contributed by atoms with Gasteiger partial charge in [0.25, 0.3) is 5.91 Å². The van der Waals surface area contributed by atoms with Crippen LogP contribution in [0.15, 0.2) is 36.4 Å². The Kier molecular flexibility index (Phi) is 10.0. The summed E-state index contributed by atoms with van der Waals surface area (Å²) in [6, 6.07) is 10.8. The molecule has 174 valence electrons. The molecule has 0 saturated heterocycles. The Morgan fingerprint density at radius 2 is 1.84 bits per heavy atom. The molecule has 2 aromatic carbocycles. The number of nitrogens with one attached hydrogen (secondary N) is 1. The standard InChI is InChI=1S/C26H35ClN2O3/c1-6-8-13-28-26(31)23(7-2)29(16-21-11-9-10-12-22(21)27)25(30)17-32-24-15-18(3)14-19(4)20(24)5/h9-12,14-15,23H,6-8,13,16-17H2,1-5H3,(H,28,31)/t23-/m0/s1. The summed E-state index contributed by atoms with van der Waals surface area (Å²) < 4.78 is 5.93. The number of hydrogen-bond donors (Lipinski definition) is 1. The van der Waals surface area contributed by atoms with E-state index in [1.54, 1.807) is 11.0 Å². The topological polar surface area (TPSA) is 58.6 Å². The Balaban J connectivity index is 2.25. The number of unbranched alkanes of at least 4 members (excludes halogenated alkanes) is 1. The monoisotopic (exact) mass is 458 g/mol. The molecule has 6 heteroatoms. The largest absolute Gasteiger partial charge is 0.483 e. The third-order valence-corrected chi connectivity index (χ3v) is 6.00. The Morgan fingerprint density at radius 1 is 1.12 bits per heavy atom. The number of halogens is 1. The first-order valence-electron chi connectivity index (χ1n) is 11.3. The van der Waals surface area contributed by atoms with Gasteiger partial charge in [-0.2, -0.15) is 0 Å². The van der Waals surface area contributed by atoms with Crippen molar-refractivity contribution in [3.8, 4) is 5.75 Å². The maximum atomic E-state index is 13.3. The van der Waals surface area contributed by atoms with E-state index in [1.165, 1.54) is 0 Å². The van der Waals surface area contributed by atoms with Crippen molar-refractivity contribution in [2.75, 3.05) is 13.2 Å². The van der Waals surface area contributed by atoms with E-state index in [0.29, 0.717) is 23.7 Å². The van der Waals surface area contributed by atoms with Crippen LogP contribution in [0.1, 0.15) is 55.4 Å². The number of nitrogens with zero attached hydrogens (tertiary/aromatic N) is 1. The molecule has 0 heterocycles. The molecule has 0 saturated carbocycles. The summed E-state index contributed by atoms with van der Waals surface area (Å²) in [7, 11) is 0. The van der Waals surface area contributed by atoms with Crippen LogP contribution in [-0.2, 0) is 16.1 Å². The summed E-state index contributed by atoms with van der Waals surface area (Å²) in [5, 5.41) is 3.53. The van der Waals surface area contributed by atoms with Crippen LogP contribution in [0.25, 0.3) is 0 Å². The normalized spacial score (nSPS) is 11.7. The fourth-order valence-electron chi connectivity index (χ4n) is 3.61. The summed E-state index contributed by atoms with van der Waals surface area (Å²) >= 11 is 6.36. The average molecular weight is 459 g/mol. The van der Waals surface area contributed by atoms with Gasteiger partial charge < -0.3 is 15.0 Å². The lowest BCUT2D eigenvalue weighted by atomic mass is 10.1. The van der Waals surface area contributed by atoms with E-state index in [2.05, 4.69) is 18.3 Å². The van der Waals surface area contributed by atoms with Crippen molar-refractivity contribution in [2.45, 2.75) is 66.5 Å². The zero-order chi connectivity index (χ0) is 23.7. The van der Waals surface area contributed by atoms with E-state index in [9.17, 15) is 9.59 Å². The highest BCUT2D eigenvalue weighted by Gasteiger charge is 2.29. The van der Waals surface area contributed by atoms with Gasteiger partial charge in [0.15, 0.2) is 6.61 Å². The summed E-state index contributed by atoms with van der Waals surface area (Å²) in [5.41, 5.74) is 3.99. The molecule has 2 amide bonds. The lowest BCUT2D eigenvalue weighted by Gasteiger charge is -2.31. The van der Waals surface area contributed by atoms with Gasteiger partial charge in [-0.1, -0.05) is 56.1 Å². The zero-order valence-electron chi connectivity index (χ0n) is 19.8. The number of hydrogen-bond acceptors (Lipinski definition) is 3. The van der Waals surface area contributed by atoms with Gasteiger partial charge in [0.2, 0.25) is 5.91 Å². The summed E-state index contributed by atoms with van der Waals surface area (Å²) in [5.74, 6) is 0.291. The maximum Gasteiger partial charge on any atom is 0.261 e. The van der Waals surface area contributed by atoms with Crippen molar-refractivity contribution in [2.24, 2.45) is 0 Å². The minimum Gasteiger partial charge on any atom is -0.483 e. The predicted molar refractivity (Wildman–Crippen MR) is 130 cm³/mol. The summed E-state index contributed by atoms with van der Waals surface area (Å²) in [6.45, 7) is 10.7. The van der Waals surface area contributed by atoms with Crippen molar-refractivity contribution >= 4 is 23.4 Å². The summed E-state index contributed by atoms with van der Waals surface area (Å²) in [6.07, 6.45) is 2.38. The van der Waals surface area contributed by atoms with Crippen LogP contribution in [0.3, 0.4) is 0 Å². The lowest BCUT2D eigenvalue weighted by Crippen LogP contribution is -2.50. The Bertz CT molecular complexity index is 929. The number of benzene rings is 2. The molecule has 32 heavy (non-hydrogen) atoms. The number of carbonyl (C=O) groups excluding carboxylic acids is 2. The van der Waals surface area contributed by atoms with Crippen LogP contribution in [0.4, 0.5) is 0 Å². The fraction of sp³-hybridized carbons (Fsp3) is 0.462. The SMILES string of the molecule is CCCCNC(=O)[C@H](CC)N(Cc1ccccc1Cl)C(=O)COc1cc(C)cc(C)c1C. The van der Waals surface area contributed by atoms with Crippen molar-refractivity contribution in [3.05, 3.63) is 63.7 Å². The first-order valence-corrected chi connectivity index (χ1v) is 11.7. The third kappa shape index (κ3) is 6.99. The molecule has 0 aliphatic rings. The summed E-state index contributed by atoms with van der Waals surface area (Å²) in [4.78, 5) is 27.8. The van der Waals surface area contributed by atoms with Gasteiger partial charge in [0.1, 0.15) is 11.8 Å². The van der Waals surface area contributed by atoms with E-state index < -0.39 is 6.04 Å². The Morgan fingerprint density at radius 3 is 2.50 bits per heavy atom. The van der Waals surface area contributed by atoms with Gasteiger partial charge in [-0.15, -0.1) is 0 Å². The van der Waals surface area contributed by atoms with Gasteiger partial charge in [-0.3, -0.25) is 9.59 Å². The van der Waals surface area contributed by atoms with E-state index in [-0.39, 0.29) is 25.0 Å². The molecule has 0 aliphatic carbocycles. The smallest absolute Gasteiger partial charge is 0.261 e. The highest BCUT2D eigenvalue weighted by atomic mass is 35.5. The second kappa shape index (κ2) is 12.5. The number of aryl methyl sites for hydroxylation is 2. The fourth-order valence-corrected chi connectivity index (χ4v) is 3.80. The quantitative estimate of drug-likeness (QED) is 0.460.